The van der Waals surface area contributed by atoms with Gasteiger partial charge in [-0.05, 0) is 55.5 Å². The number of furan rings is 1. The normalized spacial score (nSPS) is 11.3. The maximum Gasteiger partial charge on any atom is 0.264 e. The first kappa shape index (κ1) is 23.2. The summed E-state index contributed by atoms with van der Waals surface area (Å²) in [7, 11) is -3.93. The van der Waals surface area contributed by atoms with Gasteiger partial charge in [0.25, 0.3) is 10.0 Å². The van der Waals surface area contributed by atoms with Crippen molar-refractivity contribution in [3.8, 4) is 0 Å². The maximum absolute atomic E-state index is 13.3. The molecule has 0 atom stereocenters. The van der Waals surface area contributed by atoms with Gasteiger partial charge in [-0.15, -0.1) is 0 Å². The molecule has 1 heterocycles. The zero-order valence-corrected chi connectivity index (χ0v) is 19.3. The number of halogens is 1. The van der Waals surface area contributed by atoms with Gasteiger partial charge in [0.1, 0.15) is 12.3 Å². The lowest BCUT2D eigenvalue weighted by molar-refractivity contribution is -0.119. The van der Waals surface area contributed by atoms with Crippen molar-refractivity contribution in [1.82, 2.24) is 5.32 Å². The van der Waals surface area contributed by atoms with Crippen LogP contribution in [0.5, 0.6) is 0 Å². The van der Waals surface area contributed by atoms with Crippen LogP contribution in [0, 0.1) is 6.92 Å². The second-order valence-electron chi connectivity index (χ2n) is 6.78. The number of thioether (sulfide) groups is 1. The van der Waals surface area contributed by atoms with Gasteiger partial charge < -0.3 is 9.73 Å². The summed E-state index contributed by atoms with van der Waals surface area (Å²) in [6.45, 7) is 1.97. The molecule has 31 heavy (non-hydrogen) atoms. The fourth-order valence-electron chi connectivity index (χ4n) is 2.78. The molecule has 1 N–H and O–H groups in total. The highest BCUT2D eigenvalue weighted by molar-refractivity contribution is 7.98. The first-order valence-corrected chi connectivity index (χ1v) is 12.6. The van der Waals surface area contributed by atoms with E-state index in [1.165, 1.54) is 12.1 Å². The van der Waals surface area contributed by atoms with Gasteiger partial charge in [-0.2, -0.15) is 11.8 Å². The first-order valence-electron chi connectivity index (χ1n) is 9.58. The molecule has 6 nitrogen and oxygen atoms in total. The second-order valence-corrected chi connectivity index (χ2v) is 10.2. The lowest BCUT2D eigenvalue weighted by atomic mass is 10.2. The van der Waals surface area contributed by atoms with Crippen molar-refractivity contribution in [2.45, 2.75) is 17.6 Å². The summed E-state index contributed by atoms with van der Waals surface area (Å²) in [5.74, 6) is 1.87. The molecule has 0 bridgehead atoms. The van der Waals surface area contributed by atoms with E-state index in [-0.39, 0.29) is 17.3 Å². The highest BCUT2D eigenvalue weighted by atomic mass is 35.5. The van der Waals surface area contributed by atoms with Crippen molar-refractivity contribution >= 4 is 45.0 Å². The van der Waals surface area contributed by atoms with Crippen LogP contribution in [0.2, 0.25) is 5.02 Å². The summed E-state index contributed by atoms with van der Waals surface area (Å²) in [6.07, 6.45) is 1.62. The van der Waals surface area contributed by atoms with Crippen LogP contribution in [0.4, 0.5) is 5.69 Å². The topological polar surface area (TPSA) is 79.6 Å². The van der Waals surface area contributed by atoms with Crippen molar-refractivity contribution in [3.63, 3.8) is 0 Å². The third kappa shape index (κ3) is 6.53. The molecule has 1 amide bonds. The Labute approximate surface area is 191 Å². The minimum Gasteiger partial charge on any atom is -0.468 e. The minimum absolute atomic E-state index is 0.120. The Morgan fingerprint density at radius 2 is 1.81 bits per heavy atom. The number of amides is 1. The van der Waals surface area contributed by atoms with E-state index >= 15 is 0 Å². The smallest absolute Gasteiger partial charge is 0.264 e. The summed E-state index contributed by atoms with van der Waals surface area (Å²) in [4.78, 5) is 12.7. The molecule has 0 saturated carbocycles. The summed E-state index contributed by atoms with van der Waals surface area (Å²) in [5, 5.41) is 3.27. The molecule has 1 aromatic heterocycles. The number of rotatable bonds is 10. The number of benzene rings is 2. The number of hydrogen-bond donors (Lipinski definition) is 1. The number of anilines is 1. The summed E-state index contributed by atoms with van der Waals surface area (Å²) in [5.41, 5.74) is 1.31. The van der Waals surface area contributed by atoms with E-state index in [1.54, 1.807) is 54.4 Å². The van der Waals surface area contributed by atoms with Crippen LogP contribution < -0.4 is 9.62 Å². The van der Waals surface area contributed by atoms with Crippen LogP contribution in [-0.2, 0) is 20.6 Å². The molecular formula is C22H23ClN2O4S2. The van der Waals surface area contributed by atoms with Crippen LogP contribution in [0.1, 0.15) is 11.3 Å². The summed E-state index contributed by atoms with van der Waals surface area (Å²) >= 11 is 7.57. The van der Waals surface area contributed by atoms with E-state index in [0.29, 0.717) is 28.8 Å². The Kier molecular flexibility index (Phi) is 8.06. The number of nitrogens with zero attached hydrogens (tertiary/aromatic N) is 1. The number of nitrogens with one attached hydrogen (secondary N) is 1. The van der Waals surface area contributed by atoms with E-state index in [9.17, 15) is 13.2 Å². The predicted molar refractivity (Wildman–Crippen MR) is 125 cm³/mol. The van der Waals surface area contributed by atoms with Crippen LogP contribution in [0.3, 0.4) is 0 Å². The maximum atomic E-state index is 13.3. The number of aryl methyl sites for hydroxylation is 1. The molecule has 3 rings (SSSR count). The largest absolute Gasteiger partial charge is 0.468 e. The van der Waals surface area contributed by atoms with Crippen LogP contribution in [0.15, 0.2) is 76.2 Å². The Hall–Kier alpha value is -2.42. The standard InChI is InChI=1S/C22H23ClN2O4S2/c1-17-4-10-21(11-5-17)31(27,28)25(19-8-6-18(23)7-9-19)15-22(26)24-12-14-30-16-20-3-2-13-29-20/h2-11,13H,12,14-16H2,1H3,(H,24,26). The average Bonchev–Trinajstić information content (AvgIpc) is 3.26. The van der Waals surface area contributed by atoms with Gasteiger partial charge in [-0.1, -0.05) is 29.3 Å². The molecule has 0 aliphatic rings. The Morgan fingerprint density at radius 1 is 1.10 bits per heavy atom. The Balaban J connectivity index is 1.67. The molecule has 0 spiro atoms. The van der Waals surface area contributed by atoms with Crippen LogP contribution >= 0.6 is 23.4 Å². The van der Waals surface area contributed by atoms with E-state index < -0.39 is 10.0 Å². The highest BCUT2D eigenvalue weighted by Gasteiger charge is 2.27. The fourth-order valence-corrected chi connectivity index (χ4v) is 5.08. The third-order valence-electron chi connectivity index (χ3n) is 4.40. The molecule has 9 heteroatoms. The molecule has 0 fully saturated rings. The molecular weight excluding hydrogens is 456 g/mol. The summed E-state index contributed by atoms with van der Waals surface area (Å²) in [6, 6.07) is 16.6. The molecule has 3 aromatic rings. The van der Waals surface area contributed by atoms with E-state index in [1.807, 2.05) is 19.1 Å². The van der Waals surface area contributed by atoms with Crippen molar-refractivity contribution in [2.75, 3.05) is 23.1 Å². The third-order valence-corrected chi connectivity index (χ3v) is 7.43. The van der Waals surface area contributed by atoms with Gasteiger partial charge in [0, 0.05) is 17.3 Å². The molecule has 0 saturated heterocycles. The number of carbonyl (C=O) groups is 1. The van der Waals surface area contributed by atoms with E-state index in [4.69, 9.17) is 16.0 Å². The molecule has 0 radical (unpaired) electrons. The fraction of sp³-hybridized carbons (Fsp3) is 0.227. The number of carbonyl (C=O) groups excluding carboxylic acids is 1. The molecule has 164 valence electrons. The molecule has 0 unspecified atom stereocenters. The lowest BCUT2D eigenvalue weighted by Crippen LogP contribution is -2.41. The van der Waals surface area contributed by atoms with Gasteiger partial charge in [-0.3, -0.25) is 9.10 Å². The average molecular weight is 479 g/mol. The number of sulfonamides is 1. The van der Waals surface area contributed by atoms with Gasteiger partial charge in [0.15, 0.2) is 0 Å². The van der Waals surface area contributed by atoms with Crippen molar-refractivity contribution in [1.29, 1.82) is 0 Å². The van der Waals surface area contributed by atoms with Gasteiger partial charge in [0.2, 0.25) is 5.91 Å². The lowest BCUT2D eigenvalue weighted by Gasteiger charge is -2.24. The zero-order chi connectivity index (χ0) is 22.3. The second kappa shape index (κ2) is 10.7. The predicted octanol–water partition coefficient (Wildman–Crippen LogP) is 4.49. The minimum atomic E-state index is -3.93. The SMILES string of the molecule is Cc1ccc(S(=O)(=O)N(CC(=O)NCCSCc2ccco2)c2ccc(Cl)cc2)cc1. The van der Waals surface area contributed by atoms with Crippen LogP contribution in [-0.4, -0.2) is 33.2 Å². The Morgan fingerprint density at radius 3 is 2.45 bits per heavy atom. The van der Waals surface area contributed by atoms with Crippen LogP contribution in [0.25, 0.3) is 0 Å². The highest BCUT2D eigenvalue weighted by Crippen LogP contribution is 2.25. The van der Waals surface area contributed by atoms with Gasteiger partial charge >= 0.3 is 0 Å². The van der Waals surface area contributed by atoms with Crippen molar-refractivity contribution in [3.05, 3.63) is 83.3 Å². The molecule has 2 aromatic carbocycles. The van der Waals surface area contributed by atoms with Crippen molar-refractivity contribution in [2.24, 2.45) is 0 Å². The van der Waals surface area contributed by atoms with E-state index in [0.717, 1.165) is 15.6 Å². The van der Waals surface area contributed by atoms with E-state index in [2.05, 4.69) is 5.32 Å². The quantitative estimate of drug-likeness (QED) is 0.434. The molecule has 0 aliphatic heterocycles. The molecule has 0 aliphatic carbocycles. The first-order chi connectivity index (χ1) is 14.9. The van der Waals surface area contributed by atoms with Crippen molar-refractivity contribution < 1.29 is 17.6 Å². The zero-order valence-electron chi connectivity index (χ0n) is 17.0. The van der Waals surface area contributed by atoms with Gasteiger partial charge in [-0.25, -0.2) is 8.42 Å². The summed E-state index contributed by atoms with van der Waals surface area (Å²) < 4.78 is 32.9. The monoisotopic (exact) mass is 478 g/mol. The van der Waals surface area contributed by atoms with Gasteiger partial charge in [0.05, 0.1) is 22.6 Å². The number of hydrogen-bond acceptors (Lipinski definition) is 5. The Bertz CT molecular complexity index is 1080.